The predicted octanol–water partition coefficient (Wildman–Crippen LogP) is 3.27. The molecular weight excluding hydrogens is 319 g/mol. The van der Waals surface area contributed by atoms with Crippen molar-refractivity contribution in [1.29, 1.82) is 0 Å². The van der Waals surface area contributed by atoms with E-state index in [0.717, 1.165) is 6.07 Å². The van der Waals surface area contributed by atoms with Crippen molar-refractivity contribution in [2.45, 2.75) is 38.4 Å². The summed E-state index contributed by atoms with van der Waals surface area (Å²) >= 11 is -1.70. The maximum Gasteiger partial charge on any atom is 0.379 e. The Kier molecular flexibility index (Phi) is 5.30. The molecule has 1 rings (SSSR count). The Bertz CT molecular complexity index is 612. The van der Waals surface area contributed by atoms with Gasteiger partial charge < -0.3 is 9.66 Å². The summed E-state index contributed by atoms with van der Waals surface area (Å²) in [7, 11) is 0. The third-order valence-electron chi connectivity index (χ3n) is 2.74. The summed E-state index contributed by atoms with van der Waals surface area (Å²) in [5, 5.41) is 8.51. The van der Waals surface area contributed by atoms with Gasteiger partial charge in [-0.2, -0.15) is 8.78 Å². The second-order valence-corrected chi connectivity index (χ2v) is 7.49. The first kappa shape index (κ1) is 18.5. The molecule has 0 amide bonds. The fourth-order valence-corrected chi connectivity index (χ4v) is 2.10. The van der Waals surface area contributed by atoms with Crippen molar-refractivity contribution in [1.82, 2.24) is 0 Å². The minimum atomic E-state index is -4.36. The molecule has 1 aromatic carbocycles. The van der Waals surface area contributed by atoms with Gasteiger partial charge in [-0.15, -0.1) is 0 Å². The lowest BCUT2D eigenvalue weighted by atomic mass is 10.0. The van der Waals surface area contributed by atoms with E-state index >= 15 is 0 Å². The van der Waals surface area contributed by atoms with Crippen LogP contribution >= 0.6 is 0 Å². The first-order valence-electron chi connectivity index (χ1n) is 6.27. The largest absolute Gasteiger partial charge is 0.591 e. The molecule has 0 bridgehead atoms. The molecule has 1 N–H and O–H groups in total. The molecule has 0 fully saturated rings. The monoisotopic (exact) mass is 335 g/mol. The number of nitrogens with zero attached hydrogens (tertiary/aromatic N) is 1. The van der Waals surface area contributed by atoms with E-state index in [1.807, 2.05) is 0 Å². The molecule has 0 aliphatic rings. The number of benzene rings is 1. The molecule has 0 spiro atoms. The van der Waals surface area contributed by atoms with Gasteiger partial charge in [0.25, 0.3) is 0 Å². The highest BCUT2D eigenvalue weighted by Crippen LogP contribution is 2.32. The van der Waals surface area contributed by atoms with Crippen LogP contribution in [0.4, 0.5) is 13.2 Å². The zero-order chi connectivity index (χ0) is 17.3. The lowest BCUT2D eigenvalue weighted by Crippen LogP contribution is -2.28. The van der Waals surface area contributed by atoms with E-state index in [-0.39, 0.29) is 11.3 Å². The fraction of sp³-hybridized carbons (Fsp3) is 0.429. The van der Waals surface area contributed by atoms with Crippen molar-refractivity contribution in [2.24, 2.45) is 4.40 Å². The summed E-state index contributed by atoms with van der Waals surface area (Å²) < 4.78 is 56.2. The standard InChI is InChI=1S/C14H16F3NO3S/c1-8(18-22(21)13(2,3)4)9-6-5-7-10(11(9)15)14(16,17)12(19)20/h5-7H,1-4H3,(H,19,20)/b18-8-. The van der Waals surface area contributed by atoms with Gasteiger partial charge in [0.2, 0.25) is 0 Å². The molecular formula is C14H16F3NO3S. The molecule has 0 saturated heterocycles. The van der Waals surface area contributed by atoms with Crippen molar-refractivity contribution in [3.63, 3.8) is 0 Å². The van der Waals surface area contributed by atoms with E-state index < -0.39 is 39.4 Å². The molecule has 0 saturated carbocycles. The molecule has 0 aliphatic carbocycles. The normalized spacial score (nSPS) is 14.8. The summed E-state index contributed by atoms with van der Waals surface area (Å²) in [4.78, 5) is 10.6. The van der Waals surface area contributed by atoms with Crippen LogP contribution in [0.1, 0.15) is 38.8 Å². The summed E-state index contributed by atoms with van der Waals surface area (Å²) in [5.41, 5.74) is -1.61. The number of hydrogen-bond acceptors (Lipinski definition) is 3. The number of carbonyl (C=O) groups is 1. The molecule has 0 aliphatic heterocycles. The highest BCUT2D eigenvalue weighted by molar-refractivity contribution is 7.91. The van der Waals surface area contributed by atoms with Crippen LogP contribution in [-0.2, 0) is 22.1 Å². The van der Waals surface area contributed by atoms with Gasteiger partial charge in [-0.25, -0.2) is 9.18 Å². The molecule has 1 atom stereocenters. The van der Waals surface area contributed by atoms with Crippen molar-refractivity contribution >= 4 is 23.0 Å². The van der Waals surface area contributed by atoms with E-state index in [1.54, 1.807) is 20.8 Å². The van der Waals surface area contributed by atoms with Crippen LogP contribution < -0.4 is 0 Å². The van der Waals surface area contributed by atoms with E-state index in [1.165, 1.54) is 13.0 Å². The first-order chi connectivity index (χ1) is 9.89. The summed E-state index contributed by atoms with van der Waals surface area (Å²) in [6.45, 7) is 6.30. The summed E-state index contributed by atoms with van der Waals surface area (Å²) in [6, 6.07) is 2.97. The second-order valence-electron chi connectivity index (χ2n) is 5.58. The molecule has 0 radical (unpaired) electrons. The van der Waals surface area contributed by atoms with Crippen molar-refractivity contribution in [2.75, 3.05) is 0 Å². The Morgan fingerprint density at radius 2 is 1.86 bits per heavy atom. The summed E-state index contributed by atoms with van der Waals surface area (Å²) in [6.07, 6.45) is 0. The molecule has 1 aromatic rings. The third kappa shape index (κ3) is 3.80. The van der Waals surface area contributed by atoms with Gasteiger partial charge in [-0.1, -0.05) is 16.5 Å². The van der Waals surface area contributed by atoms with Crippen LogP contribution in [-0.4, -0.2) is 26.1 Å². The number of alkyl halides is 2. The maximum absolute atomic E-state index is 14.2. The van der Waals surface area contributed by atoms with Crippen molar-refractivity contribution in [3.05, 3.63) is 35.1 Å². The van der Waals surface area contributed by atoms with E-state index in [9.17, 15) is 22.5 Å². The summed E-state index contributed by atoms with van der Waals surface area (Å²) in [5.74, 6) is -8.19. The Morgan fingerprint density at radius 1 is 1.32 bits per heavy atom. The quantitative estimate of drug-likeness (QED) is 0.678. The van der Waals surface area contributed by atoms with Gasteiger partial charge in [0.1, 0.15) is 21.9 Å². The number of hydrogen-bond donors (Lipinski definition) is 1. The van der Waals surface area contributed by atoms with E-state index in [0.29, 0.717) is 6.07 Å². The lowest BCUT2D eigenvalue weighted by molar-refractivity contribution is -0.166. The van der Waals surface area contributed by atoms with Crippen LogP contribution in [0.2, 0.25) is 0 Å². The van der Waals surface area contributed by atoms with Gasteiger partial charge in [0.15, 0.2) is 0 Å². The van der Waals surface area contributed by atoms with Gasteiger partial charge in [0.05, 0.1) is 11.3 Å². The highest BCUT2D eigenvalue weighted by atomic mass is 32.2. The van der Waals surface area contributed by atoms with Crippen LogP contribution in [0.15, 0.2) is 22.6 Å². The molecule has 0 aromatic heterocycles. The van der Waals surface area contributed by atoms with Gasteiger partial charge in [-0.05, 0) is 33.8 Å². The minimum absolute atomic E-state index is 0.0474. The molecule has 122 valence electrons. The minimum Gasteiger partial charge on any atom is -0.591 e. The lowest BCUT2D eigenvalue weighted by Gasteiger charge is -2.19. The van der Waals surface area contributed by atoms with Gasteiger partial charge in [-0.3, -0.25) is 0 Å². The smallest absolute Gasteiger partial charge is 0.379 e. The van der Waals surface area contributed by atoms with Crippen LogP contribution in [0, 0.1) is 5.82 Å². The number of rotatable bonds is 4. The Morgan fingerprint density at radius 3 is 2.32 bits per heavy atom. The zero-order valence-electron chi connectivity index (χ0n) is 12.5. The van der Waals surface area contributed by atoms with Crippen LogP contribution in [0.3, 0.4) is 0 Å². The van der Waals surface area contributed by atoms with Crippen molar-refractivity contribution in [3.8, 4) is 0 Å². The van der Waals surface area contributed by atoms with E-state index in [4.69, 9.17) is 5.11 Å². The van der Waals surface area contributed by atoms with Gasteiger partial charge in [0, 0.05) is 5.56 Å². The van der Waals surface area contributed by atoms with E-state index in [2.05, 4.69) is 4.40 Å². The zero-order valence-corrected chi connectivity index (χ0v) is 13.3. The highest BCUT2D eigenvalue weighted by Gasteiger charge is 2.44. The topological polar surface area (TPSA) is 72.7 Å². The molecule has 1 unspecified atom stereocenters. The molecule has 22 heavy (non-hydrogen) atoms. The second kappa shape index (κ2) is 6.29. The average Bonchev–Trinajstić information content (AvgIpc) is 2.37. The third-order valence-corrected chi connectivity index (χ3v) is 4.23. The molecule has 0 heterocycles. The number of carboxylic acid groups (broad SMARTS) is 1. The van der Waals surface area contributed by atoms with Gasteiger partial charge >= 0.3 is 11.9 Å². The molecule has 4 nitrogen and oxygen atoms in total. The Hall–Kier alpha value is -1.54. The maximum atomic E-state index is 14.2. The Labute approximate surface area is 129 Å². The number of halogens is 3. The Balaban J connectivity index is 3.35. The molecule has 8 heteroatoms. The van der Waals surface area contributed by atoms with Crippen LogP contribution in [0.25, 0.3) is 0 Å². The SMILES string of the molecule is C/C(=N/[S+]([O-])C(C)(C)C)c1cccc(C(F)(F)C(=O)O)c1F. The van der Waals surface area contributed by atoms with Crippen molar-refractivity contribution < 1.29 is 27.6 Å². The number of aliphatic carboxylic acids is 1. The predicted molar refractivity (Wildman–Crippen MR) is 78.0 cm³/mol. The average molecular weight is 335 g/mol. The number of carboxylic acids is 1. The van der Waals surface area contributed by atoms with Crippen LogP contribution in [0.5, 0.6) is 0 Å². The first-order valence-corrected chi connectivity index (χ1v) is 7.37. The fourth-order valence-electron chi connectivity index (χ4n) is 1.48.